The average molecular weight is 362 g/mol. The number of halogens is 1. The van der Waals surface area contributed by atoms with Crippen molar-refractivity contribution in [1.29, 1.82) is 0 Å². The molecule has 0 radical (unpaired) electrons. The van der Waals surface area contributed by atoms with Gasteiger partial charge in [0.1, 0.15) is 0 Å². The number of rotatable bonds is 6. The molecule has 2 amide bonds. The van der Waals surface area contributed by atoms with Crippen molar-refractivity contribution in [2.45, 2.75) is 26.8 Å². The highest BCUT2D eigenvalue weighted by Gasteiger charge is 2.07. The van der Waals surface area contributed by atoms with Crippen LogP contribution in [0.2, 0.25) is 0 Å². The summed E-state index contributed by atoms with van der Waals surface area (Å²) in [6, 6.07) is 14.2. The van der Waals surface area contributed by atoms with Gasteiger partial charge in [-0.2, -0.15) is 0 Å². The van der Waals surface area contributed by atoms with Gasteiger partial charge in [0.15, 0.2) is 0 Å². The van der Waals surface area contributed by atoms with E-state index in [4.69, 9.17) is 5.73 Å². The molecule has 0 saturated heterocycles. The first-order chi connectivity index (χ1) is 11.5. The Labute approximate surface area is 154 Å². The highest BCUT2D eigenvalue weighted by atomic mass is 35.5. The molecule has 0 aromatic heterocycles. The Morgan fingerprint density at radius 2 is 1.44 bits per heavy atom. The van der Waals surface area contributed by atoms with Crippen molar-refractivity contribution >= 4 is 35.6 Å². The third-order valence-corrected chi connectivity index (χ3v) is 3.47. The molecule has 0 bridgehead atoms. The lowest BCUT2D eigenvalue weighted by molar-refractivity contribution is -0.116. The third-order valence-electron chi connectivity index (χ3n) is 3.47. The van der Waals surface area contributed by atoms with E-state index in [1.165, 1.54) is 0 Å². The zero-order chi connectivity index (χ0) is 17.5. The summed E-state index contributed by atoms with van der Waals surface area (Å²) in [7, 11) is 0. The number of carbonyl (C=O) groups excluding carboxylic acids is 2. The first-order valence-electron chi connectivity index (χ1n) is 7.98. The van der Waals surface area contributed by atoms with Gasteiger partial charge in [-0.1, -0.05) is 26.0 Å². The maximum absolute atomic E-state index is 12.2. The molecule has 0 spiro atoms. The van der Waals surface area contributed by atoms with Crippen LogP contribution in [-0.2, 0) is 11.3 Å². The zero-order valence-electron chi connectivity index (χ0n) is 14.4. The van der Waals surface area contributed by atoms with Crippen LogP contribution in [0.1, 0.15) is 36.2 Å². The van der Waals surface area contributed by atoms with Gasteiger partial charge in [0.25, 0.3) is 5.91 Å². The Morgan fingerprint density at radius 1 is 0.920 bits per heavy atom. The number of nitrogens with one attached hydrogen (secondary N) is 2. The fourth-order valence-electron chi connectivity index (χ4n) is 2.22. The van der Waals surface area contributed by atoms with Gasteiger partial charge in [0, 0.05) is 29.9 Å². The second-order valence-corrected chi connectivity index (χ2v) is 6.08. The van der Waals surface area contributed by atoms with E-state index in [9.17, 15) is 9.59 Å². The monoisotopic (exact) mass is 361 g/mol. The molecule has 0 atom stereocenters. The molecule has 4 N–H and O–H groups in total. The van der Waals surface area contributed by atoms with E-state index < -0.39 is 0 Å². The predicted molar refractivity (Wildman–Crippen MR) is 104 cm³/mol. The van der Waals surface area contributed by atoms with Gasteiger partial charge < -0.3 is 16.4 Å². The van der Waals surface area contributed by atoms with E-state index in [1.54, 1.807) is 36.4 Å². The largest absolute Gasteiger partial charge is 0.326 e. The molecular formula is C19H24ClN3O2. The van der Waals surface area contributed by atoms with Gasteiger partial charge in [0.05, 0.1) is 0 Å². The summed E-state index contributed by atoms with van der Waals surface area (Å²) < 4.78 is 0. The molecule has 0 aliphatic heterocycles. The summed E-state index contributed by atoms with van der Waals surface area (Å²) in [6.45, 7) is 4.45. The molecule has 2 aromatic rings. The van der Waals surface area contributed by atoms with Crippen LogP contribution in [0, 0.1) is 5.92 Å². The number of nitrogens with two attached hydrogens (primary N) is 1. The molecule has 0 unspecified atom stereocenters. The smallest absolute Gasteiger partial charge is 0.255 e. The lowest BCUT2D eigenvalue weighted by Gasteiger charge is -2.09. The molecule has 0 aliphatic rings. The van der Waals surface area contributed by atoms with Crippen molar-refractivity contribution in [3.8, 4) is 0 Å². The van der Waals surface area contributed by atoms with Crippen LogP contribution in [0.25, 0.3) is 0 Å². The standard InChI is InChI=1S/C19H23N3O2.ClH/c1-13(2)11-18(23)21-16-7-9-17(10-8-16)22-19(24)15-5-3-14(12-20)4-6-15;/h3-10,13H,11-12,20H2,1-2H3,(H,21,23)(H,22,24);1H. The molecule has 0 fully saturated rings. The minimum Gasteiger partial charge on any atom is -0.326 e. The highest BCUT2D eigenvalue weighted by molar-refractivity contribution is 6.04. The van der Waals surface area contributed by atoms with Crippen LogP contribution in [0.4, 0.5) is 11.4 Å². The number of amides is 2. The molecule has 25 heavy (non-hydrogen) atoms. The van der Waals surface area contributed by atoms with E-state index in [0.717, 1.165) is 5.56 Å². The number of hydrogen-bond acceptors (Lipinski definition) is 3. The summed E-state index contributed by atoms with van der Waals surface area (Å²) in [5.41, 5.74) is 8.48. The zero-order valence-corrected chi connectivity index (χ0v) is 15.2. The summed E-state index contributed by atoms with van der Waals surface area (Å²) in [4.78, 5) is 23.9. The van der Waals surface area contributed by atoms with Gasteiger partial charge in [-0.05, 0) is 47.9 Å². The van der Waals surface area contributed by atoms with E-state index in [2.05, 4.69) is 10.6 Å². The van der Waals surface area contributed by atoms with Crippen LogP contribution >= 0.6 is 12.4 Å². The Kier molecular flexibility index (Phi) is 8.11. The van der Waals surface area contributed by atoms with Crippen LogP contribution in [0.3, 0.4) is 0 Å². The Balaban J connectivity index is 0.00000312. The van der Waals surface area contributed by atoms with Crippen molar-refractivity contribution in [3.05, 3.63) is 59.7 Å². The Bertz CT molecular complexity index is 698. The molecular weight excluding hydrogens is 338 g/mol. The lowest BCUT2D eigenvalue weighted by atomic mass is 10.1. The second-order valence-electron chi connectivity index (χ2n) is 6.08. The maximum atomic E-state index is 12.2. The lowest BCUT2D eigenvalue weighted by Crippen LogP contribution is -2.14. The molecule has 6 heteroatoms. The number of anilines is 2. The van der Waals surface area contributed by atoms with Crippen molar-refractivity contribution in [1.82, 2.24) is 0 Å². The van der Waals surface area contributed by atoms with Crippen molar-refractivity contribution in [2.24, 2.45) is 11.7 Å². The highest BCUT2D eigenvalue weighted by Crippen LogP contribution is 2.16. The quantitative estimate of drug-likeness (QED) is 0.731. The molecule has 134 valence electrons. The predicted octanol–water partition coefficient (Wildman–Crippen LogP) is 3.80. The van der Waals surface area contributed by atoms with Gasteiger partial charge in [-0.25, -0.2) is 0 Å². The second kappa shape index (κ2) is 9.81. The van der Waals surface area contributed by atoms with Crippen molar-refractivity contribution in [3.63, 3.8) is 0 Å². The third kappa shape index (κ3) is 6.57. The Hall–Kier alpha value is -2.37. The van der Waals surface area contributed by atoms with Crippen molar-refractivity contribution in [2.75, 3.05) is 10.6 Å². The molecule has 0 saturated carbocycles. The molecule has 0 aliphatic carbocycles. The van der Waals surface area contributed by atoms with E-state index >= 15 is 0 Å². The van der Waals surface area contributed by atoms with Gasteiger partial charge >= 0.3 is 0 Å². The molecule has 0 heterocycles. The average Bonchev–Trinajstić information content (AvgIpc) is 2.56. The summed E-state index contributed by atoms with van der Waals surface area (Å²) in [6.07, 6.45) is 0.483. The van der Waals surface area contributed by atoms with Crippen LogP contribution < -0.4 is 16.4 Å². The van der Waals surface area contributed by atoms with E-state index in [1.807, 2.05) is 26.0 Å². The van der Waals surface area contributed by atoms with Crippen LogP contribution in [0.5, 0.6) is 0 Å². The van der Waals surface area contributed by atoms with Crippen LogP contribution in [0.15, 0.2) is 48.5 Å². The molecule has 2 aromatic carbocycles. The fourth-order valence-corrected chi connectivity index (χ4v) is 2.22. The van der Waals surface area contributed by atoms with Gasteiger partial charge in [-0.15, -0.1) is 12.4 Å². The number of benzene rings is 2. The minimum atomic E-state index is -0.185. The summed E-state index contributed by atoms with van der Waals surface area (Å²) >= 11 is 0. The number of carbonyl (C=O) groups is 2. The van der Waals surface area contributed by atoms with Crippen molar-refractivity contribution < 1.29 is 9.59 Å². The Morgan fingerprint density at radius 3 is 1.92 bits per heavy atom. The van der Waals surface area contributed by atoms with Gasteiger partial charge in [-0.3, -0.25) is 9.59 Å². The summed E-state index contributed by atoms with van der Waals surface area (Å²) in [5.74, 6) is 0.117. The van der Waals surface area contributed by atoms with E-state index in [-0.39, 0.29) is 24.2 Å². The minimum absolute atomic E-state index is 0. The maximum Gasteiger partial charge on any atom is 0.255 e. The first kappa shape index (κ1) is 20.7. The SMILES string of the molecule is CC(C)CC(=O)Nc1ccc(NC(=O)c2ccc(CN)cc2)cc1.Cl. The van der Waals surface area contributed by atoms with Crippen LogP contribution in [-0.4, -0.2) is 11.8 Å². The summed E-state index contributed by atoms with van der Waals surface area (Å²) in [5, 5.41) is 5.66. The molecule has 5 nitrogen and oxygen atoms in total. The van der Waals surface area contributed by atoms with Gasteiger partial charge in [0.2, 0.25) is 5.91 Å². The topological polar surface area (TPSA) is 84.2 Å². The normalized spacial score (nSPS) is 10.1. The van der Waals surface area contributed by atoms with E-state index in [0.29, 0.717) is 35.8 Å². The number of hydrogen-bond donors (Lipinski definition) is 3. The fraction of sp³-hybridized carbons (Fsp3) is 0.263. The first-order valence-corrected chi connectivity index (χ1v) is 7.98. The molecule has 2 rings (SSSR count).